The van der Waals surface area contributed by atoms with Gasteiger partial charge in [0, 0.05) is 19.3 Å². The Kier molecular flexibility index (Phi) is 23.1. The van der Waals surface area contributed by atoms with E-state index in [1.54, 1.807) is 80.5 Å². The van der Waals surface area contributed by atoms with Crippen LogP contribution in [0.15, 0.2) is 24.3 Å². The smallest absolute Gasteiger partial charge is 0.326 e. The zero-order chi connectivity index (χ0) is 51.6. The molecule has 5 atom stereocenters. The van der Waals surface area contributed by atoms with E-state index in [1.165, 1.54) is 0 Å². The van der Waals surface area contributed by atoms with E-state index in [0.717, 1.165) is 37.7 Å². The number of aryl methyl sites for hydroxylation is 1. The lowest BCUT2D eigenvalue weighted by Crippen LogP contribution is -2.59. The first-order chi connectivity index (χ1) is 31.4. The van der Waals surface area contributed by atoms with Crippen molar-refractivity contribution in [2.75, 3.05) is 0 Å². The number of amides is 5. The fourth-order valence-corrected chi connectivity index (χ4v) is 7.60. The highest BCUT2D eigenvalue weighted by Gasteiger charge is 2.36. The van der Waals surface area contributed by atoms with Gasteiger partial charge in [-0.05, 0) is 111 Å². The Labute approximate surface area is 402 Å². The van der Waals surface area contributed by atoms with Crippen molar-refractivity contribution in [3.63, 3.8) is 0 Å². The van der Waals surface area contributed by atoms with E-state index in [0.29, 0.717) is 5.56 Å². The van der Waals surface area contributed by atoms with Crippen LogP contribution < -0.4 is 26.6 Å². The summed E-state index contributed by atoms with van der Waals surface area (Å²) < 4.78 is 16.2. The summed E-state index contributed by atoms with van der Waals surface area (Å²) in [6.07, 6.45) is 2.71. The molecule has 18 nitrogen and oxygen atoms in total. The van der Waals surface area contributed by atoms with Gasteiger partial charge in [0.15, 0.2) is 0 Å². The van der Waals surface area contributed by atoms with E-state index in [2.05, 4.69) is 26.6 Å². The second-order valence-corrected chi connectivity index (χ2v) is 21.2. The van der Waals surface area contributed by atoms with E-state index in [4.69, 9.17) is 14.2 Å². The third kappa shape index (κ3) is 23.9. The Morgan fingerprint density at radius 3 is 1.60 bits per heavy atom. The summed E-state index contributed by atoms with van der Waals surface area (Å²) in [5.41, 5.74) is -1.22. The number of carboxylic acid groups (broad SMARTS) is 1. The summed E-state index contributed by atoms with van der Waals surface area (Å²) >= 11 is 0. The van der Waals surface area contributed by atoms with Crippen LogP contribution in [-0.4, -0.2) is 106 Å². The molecule has 1 aromatic carbocycles. The highest BCUT2D eigenvalue weighted by molar-refractivity contribution is 5.97. The average molecular weight is 958 g/mol. The highest BCUT2D eigenvalue weighted by atomic mass is 16.6. The molecule has 1 aliphatic rings. The van der Waals surface area contributed by atoms with Crippen LogP contribution >= 0.6 is 0 Å². The van der Waals surface area contributed by atoms with Gasteiger partial charge in [-0.25, -0.2) is 4.79 Å². The first kappa shape index (κ1) is 58.6. The van der Waals surface area contributed by atoms with Crippen LogP contribution in [0.5, 0.6) is 0 Å². The summed E-state index contributed by atoms with van der Waals surface area (Å²) in [4.78, 5) is 121. The van der Waals surface area contributed by atoms with Gasteiger partial charge in [-0.1, -0.05) is 70.2 Å². The first-order valence-electron chi connectivity index (χ1n) is 23.8. The van der Waals surface area contributed by atoms with Gasteiger partial charge in [-0.15, -0.1) is 0 Å². The van der Waals surface area contributed by atoms with E-state index < -0.39 is 113 Å². The molecular formula is C50H79N5O13. The van der Waals surface area contributed by atoms with Crippen molar-refractivity contribution >= 4 is 53.4 Å². The molecule has 0 radical (unpaired) electrons. The topological polar surface area (TPSA) is 262 Å². The van der Waals surface area contributed by atoms with E-state index in [9.17, 15) is 48.3 Å². The number of ether oxygens (including phenoxy) is 3. The van der Waals surface area contributed by atoms with Crippen molar-refractivity contribution in [2.45, 2.75) is 214 Å². The van der Waals surface area contributed by atoms with Crippen molar-refractivity contribution in [1.82, 2.24) is 26.6 Å². The zero-order valence-electron chi connectivity index (χ0n) is 42.4. The quantitative estimate of drug-likeness (QED) is 0.0587. The van der Waals surface area contributed by atoms with Gasteiger partial charge in [0.05, 0.1) is 12.8 Å². The van der Waals surface area contributed by atoms with Crippen molar-refractivity contribution in [2.24, 2.45) is 11.8 Å². The van der Waals surface area contributed by atoms with Crippen LogP contribution in [0.1, 0.15) is 164 Å². The van der Waals surface area contributed by atoms with Gasteiger partial charge < -0.3 is 45.9 Å². The molecule has 0 bridgehead atoms. The Morgan fingerprint density at radius 1 is 0.588 bits per heavy atom. The number of nitrogens with one attached hydrogen (secondary N) is 5. The van der Waals surface area contributed by atoms with Crippen LogP contribution in [0, 0.1) is 18.8 Å². The summed E-state index contributed by atoms with van der Waals surface area (Å²) in [5.74, 6) is -7.58. The first-order valence-corrected chi connectivity index (χ1v) is 23.8. The summed E-state index contributed by atoms with van der Waals surface area (Å²) in [6, 6.07) is 0.232. The molecule has 0 spiro atoms. The van der Waals surface area contributed by atoms with Crippen LogP contribution in [0.3, 0.4) is 0 Å². The minimum atomic E-state index is -1.62. The van der Waals surface area contributed by atoms with Gasteiger partial charge in [-0.3, -0.25) is 38.4 Å². The monoisotopic (exact) mass is 958 g/mol. The molecule has 0 heterocycles. The van der Waals surface area contributed by atoms with Crippen LogP contribution in [-0.2, 0) is 63.8 Å². The number of rotatable bonds is 24. The predicted molar refractivity (Wildman–Crippen MR) is 253 cm³/mol. The van der Waals surface area contributed by atoms with Crippen molar-refractivity contribution < 1.29 is 62.5 Å². The maximum atomic E-state index is 14.6. The summed E-state index contributed by atoms with van der Waals surface area (Å²) in [5, 5.41) is 23.2. The molecule has 0 unspecified atom stereocenters. The number of aliphatic carboxylic acids is 1. The number of hydrogen-bond donors (Lipinski definition) is 6. The van der Waals surface area contributed by atoms with Crippen LogP contribution in [0.25, 0.3) is 0 Å². The second kappa shape index (κ2) is 26.9. The van der Waals surface area contributed by atoms with Gasteiger partial charge in [-0.2, -0.15) is 0 Å². The second-order valence-electron chi connectivity index (χ2n) is 21.2. The van der Waals surface area contributed by atoms with Gasteiger partial charge in [0.25, 0.3) is 0 Å². The lowest BCUT2D eigenvalue weighted by atomic mass is 9.84. The predicted octanol–water partition coefficient (Wildman–Crippen LogP) is 5.04. The molecule has 382 valence electrons. The molecule has 1 fully saturated rings. The van der Waals surface area contributed by atoms with Gasteiger partial charge >= 0.3 is 23.9 Å². The molecule has 68 heavy (non-hydrogen) atoms. The normalized spacial score (nSPS) is 15.6. The molecule has 0 aliphatic heterocycles. The SMILES string of the molecule is Cc1ccccc1C[C@H](NC(=O)[C@H](CCC(=O)OC(C)(C)C)NC(=O)[C@H](CC(=O)OC(C)(C)C)NC(=O)CCC(=O)OC(C)(C)C)C(=O)N[C@@H](CC1CCCCC1)C(=O)N[C@@H](CC(C)C)C(=O)O. The number of esters is 3. The Balaban J connectivity index is 2.58. The molecule has 2 rings (SSSR count). The molecule has 5 amide bonds. The standard InChI is InChI=1S/C50H79N5O13/c1-30(2)26-38(47(64)65)55-44(61)35(27-32-19-14-13-15-20-32)53-45(62)36(28-33-21-17-16-18-31(33)3)54-43(60)34(22-24-40(57)66-48(4,5)6)52-46(63)37(29-42(59)68-50(10,11)12)51-39(56)23-25-41(58)67-49(7,8)9/h16-18,21,30,32,34-38H,13-15,19-20,22-29H2,1-12H3,(H,51,56)(H,52,63)(H,53,62)(H,54,60)(H,55,61)(H,64,65)/t34-,35-,36-,37-,38-/m0/s1. The van der Waals surface area contributed by atoms with Crippen molar-refractivity contribution in [3.05, 3.63) is 35.4 Å². The Bertz CT molecular complexity index is 1910. The Morgan fingerprint density at radius 2 is 1.06 bits per heavy atom. The Hall–Kier alpha value is -5.55. The summed E-state index contributed by atoms with van der Waals surface area (Å²) in [7, 11) is 0. The molecular weight excluding hydrogens is 879 g/mol. The lowest BCUT2D eigenvalue weighted by Gasteiger charge is -2.30. The van der Waals surface area contributed by atoms with Crippen LogP contribution in [0.4, 0.5) is 0 Å². The molecule has 1 aliphatic carbocycles. The molecule has 18 heteroatoms. The minimum absolute atomic E-state index is 0.0618. The van der Waals surface area contributed by atoms with E-state index in [1.807, 2.05) is 26.8 Å². The highest BCUT2D eigenvalue weighted by Crippen LogP contribution is 2.28. The van der Waals surface area contributed by atoms with Gasteiger partial charge in [0.2, 0.25) is 29.5 Å². The third-order valence-corrected chi connectivity index (χ3v) is 10.7. The number of carboxylic acids is 1. The number of carbonyl (C=O) groups excluding carboxylic acids is 8. The molecule has 1 saturated carbocycles. The van der Waals surface area contributed by atoms with Crippen molar-refractivity contribution in [3.8, 4) is 0 Å². The maximum Gasteiger partial charge on any atom is 0.326 e. The molecule has 1 aromatic rings. The maximum absolute atomic E-state index is 14.6. The van der Waals surface area contributed by atoms with Crippen molar-refractivity contribution in [1.29, 1.82) is 0 Å². The fraction of sp³-hybridized carbons (Fsp3) is 0.700. The average Bonchev–Trinajstić information content (AvgIpc) is 3.19. The zero-order valence-corrected chi connectivity index (χ0v) is 42.4. The van der Waals surface area contributed by atoms with E-state index in [-0.39, 0.29) is 50.4 Å². The largest absolute Gasteiger partial charge is 0.480 e. The molecule has 6 N–H and O–H groups in total. The number of hydrogen-bond acceptors (Lipinski definition) is 12. The minimum Gasteiger partial charge on any atom is -0.480 e. The number of benzene rings is 1. The molecule has 0 aromatic heterocycles. The fourth-order valence-electron chi connectivity index (χ4n) is 7.60. The summed E-state index contributed by atoms with van der Waals surface area (Å²) in [6.45, 7) is 20.3. The van der Waals surface area contributed by atoms with E-state index >= 15 is 0 Å². The van der Waals surface area contributed by atoms with Gasteiger partial charge in [0.1, 0.15) is 47.0 Å². The number of carbonyl (C=O) groups is 9. The third-order valence-electron chi connectivity index (χ3n) is 10.7. The lowest BCUT2D eigenvalue weighted by molar-refractivity contribution is -0.158. The van der Waals surface area contributed by atoms with Crippen LogP contribution in [0.2, 0.25) is 0 Å². The molecule has 0 saturated heterocycles.